The van der Waals surface area contributed by atoms with Gasteiger partial charge in [-0.05, 0) is 18.4 Å². The third kappa shape index (κ3) is 5.23. The predicted molar refractivity (Wildman–Crippen MR) is 63.5 cm³/mol. The molecule has 0 amide bonds. The molecule has 4 heteroatoms. The van der Waals surface area contributed by atoms with Crippen LogP contribution in [-0.2, 0) is 11.3 Å². The molecule has 4 nitrogen and oxygen atoms in total. The van der Waals surface area contributed by atoms with Crippen LogP contribution in [0.1, 0.15) is 18.4 Å². The number of benzene rings is 1. The van der Waals surface area contributed by atoms with Crippen molar-refractivity contribution in [3.05, 3.63) is 35.9 Å². The molecular formula is C12H20N2O2. The topological polar surface area (TPSA) is 67.5 Å². The lowest BCUT2D eigenvalue weighted by Gasteiger charge is -2.15. The molecule has 0 saturated heterocycles. The van der Waals surface area contributed by atoms with Crippen LogP contribution in [0.15, 0.2) is 30.3 Å². The summed E-state index contributed by atoms with van der Waals surface area (Å²) in [6.07, 6.45) is 1.37. The molecule has 1 aromatic rings. The van der Waals surface area contributed by atoms with Crippen LogP contribution in [0.5, 0.6) is 0 Å². The van der Waals surface area contributed by atoms with Crippen LogP contribution in [0.3, 0.4) is 0 Å². The molecule has 1 rings (SSSR count). The van der Waals surface area contributed by atoms with Crippen LogP contribution >= 0.6 is 0 Å². The average Bonchev–Trinajstić information content (AvgIpc) is 2.28. The molecule has 0 fully saturated rings. The first-order chi connectivity index (χ1) is 7.72. The number of aliphatic hydroxyl groups excluding tert-OH is 1. The van der Waals surface area contributed by atoms with Crippen LogP contribution in [-0.4, -0.2) is 24.5 Å². The molecule has 0 aliphatic rings. The molecule has 0 aliphatic carbocycles. The lowest BCUT2D eigenvalue weighted by atomic mass is 10.0. The van der Waals surface area contributed by atoms with Crippen molar-refractivity contribution < 1.29 is 9.94 Å². The van der Waals surface area contributed by atoms with Gasteiger partial charge in [0, 0.05) is 19.5 Å². The molecule has 90 valence electrons. The lowest BCUT2D eigenvalue weighted by Crippen LogP contribution is -2.30. The van der Waals surface area contributed by atoms with E-state index in [4.69, 9.17) is 10.6 Å². The zero-order chi connectivity index (χ0) is 11.8. The Labute approximate surface area is 96.4 Å². The third-order valence-electron chi connectivity index (χ3n) is 2.40. The first kappa shape index (κ1) is 13.1. The highest BCUT2D eigenvalue weighted by Crippen LogP contribution is 2.07. The molecule has 0 aromatic heterocycles. The third-order valence-corrected chi connectivity index (χ3v) is 2.40. The van der Waals surface area contributed by atoms with Crippen molar-refractivity contribution in [3.63, 3.8) is 0 Å². The van der Waals surface area contributed by atoms with Crippen molar-refractivity contribution in [2.45, 2.75) is 31.6 Å². The normalized spacial score (nSPS) is 14.7. The maximum absolute atomic E-state index is 9.35. The van der Waals surface area contributed by atoms with E-state index in [-0.39, 0.29) is 6.04 Å². The monoisotopic (exact) mass is 224 g/mol. The summed E-state index contributed by atoms with van der Waals surface area (Å²) in [5, 5.41) is 9.35. The lowest BCUT2D eigenvalue weighted by molar-refractivity contribution is -0.145. The molecule has 2 unspecified atom stereocenters. The molecule has 0 spiro atoms. The summed E-state index contributed by atoms with van der Waals surface area (Å²) in [5.74, 6) is 0. The van der Waals surface area contributed by atoms with E-state index in [0.717, 1.165) is 12.8 Å². The van der Waals surface area contributed by atoms with Crippen molar-refractivity contribution in [1.82, 2.24) is 5.48 Å². The van der Waals surface area contributed by atoms with Gasteiger partial charge in [0.2, 0.25) is 0 Å². The Kier molecular flexibility index (Phi) is 6.03. The number of hydrogen-bond donors (Lipinski definition) is 3. The highest BCUT2D eigenvalue weighted by Gasteiger charge is 2.10. The van der Waals surface area contributed by atoms with Gasteiger partial charge in [0.15, 0.2) is 6.29 Å². The van der Waals surface area contributed by atoms with Gasteiger partial charge < -0.3 is 10.8 Å². The van der Waals surface area contributed by atoms with Crippen LogP contribution in [0.4, 0.5) is 0 Å². The van der Waals surface area contributed by atoms with Gasteiger partial charge >= 0.3 is 0 Å². The fourth-order valence-electron chi connectivity index (χ4n) is 1.56. The van der Waals surface area contributed by atoms with E-state index in [1.165, 1.54) is 5.56 Å². The highest BCUT2D eigenvalue weighted by atomic mass is 16.7. The van der Waals surface area contributed by atoms with Gasteiger partial charge in [0.1, 0.15) is 0 Å². The molecule has 0 aliphatic heterocycles. The number of aliphatic hydroxyl groups is 1. The second kappa shape index (κ2) is 7.35. The zero-order valence-electron chi connectivity index (χ0n) is 9.60. The first-order valence-corrected chi connectivity index (χ1v) is 5.52. The maximum atomic E-state index is 9.35. The molecular weight excluding hydrogens is 204 g/mol. The number of rotatable bonds is 7. The van der Waals surface area contributed by atoms with Crippen LogP contribution in [0.25, 0.3) is 0 Å². The number of nitrogens with one attached hydrogen (secondary N) is 1. The van der Waals surface area contributed by atoms with Gasteiger partial charge in [-0.15, -0.1) is 0 Å². The Morgan fingerprint density at radius 3 is 2.69 bits per heavy atom. The molecule has 0 bridgehead atoms. The van der Waals surface area contributed by atoms with Gasteiger partial charge in [0.05, 0.1) is 0 Å². The molecule has 0 heterocycles. The number of nitrogens with two attached hydrogens (primary N) is 1. The molecule has 4 N–H and O–H groups in total. The minimum absolute atomic E-state index is 0.0523. The van der Waals surface area contributed by atoms with Crippen molar-refractivity contribution >= 4 is 0 Å². The molecule has 2 atom stereocenters. The molecule has 0 saturated carbocycles. The largest absolute Gasteiger partial charge is 0.366 e. The minimum Gasteiger partial charge on any atom is -0.366 e. The van der Waals surface area contributed by atoms with Crippen LogP contribution in [0.2, 0.25) is 0 Å². The Balaban J connectivity index is 2.22. The Morgan fingerprint density at radius 1 is 1.38 bits per heavy atom. The maximum Gasteiger partial charge on any atom is 0.175 e. The van der Waals surface area contributed by atoms with Gasteiger partial charge in [-0.1, -0.05) is 30.3 Å². The highest BCUT2D eigenvalue weighted by molar-refractivity contribution is 5.14. The molecule has 0 radical (unpaired) electrons. The fourth-order valence-corrected chi connectivity index (χ4v) is 1.56. The van der Waals surface area contributed by atoms with E-state index in [1.807, 2.05) is 18.2 Å². The van der Waals surface area contributed by atoms with E-state index in [9.17, 15) is 5.11 Å². The average molecular weight is 224 g/mol. The second-order valence-corrected chi connectivity index (χ2v) is 3.80. The molecule has 16 heavy (non-hydrogen) atoms. The second-order valence-electron chi connectivity index (χ2n) is 3.80. The van der Waals surface area contributed by atoms with Crippen LogP contribution < -0.4 is 11.2 Å². The van der Waals surface area contributed by atoms with Gasteiger partial charge in [-0.2, -0.15) is 0 Å². The predicted octanol–water partition coefficient (Wildman–Crippen LogP) is 0.806. The van der Waals surface area contributed by atoms with E-state index in [0.29, 0.717) is 6.42 Å². The van der Waals surface area contributed by atoms with Gasteiger partial charge in [-0.25, -0.2) is 5.48 Å². The Hall–Kier alpha value is -0.940. The van der Waals surface area contributed by atoms with E-state index >= 15 is 0 Å². The first-order valence-electron chi connectivity index (χ1n) is 5.52. The smallest absolute Gasteiger partial charge is 0.175 e. The summed E-state index contributed by atoms with van der Waals surface area (Å²) >= 11 is 0. The zero-order valence-corrected chi connectivity index (χ0v) is 9.60. The van der Waals surface area contributed by atoms with E-state index < -0.39 is 6.29 Å². The minimum atomic E-state index is -0.837. The Bertz CT molecular complexity index is 280. The van der Waals surface area contributed by atoms with Crippen LogP contribution in [0, 0.1) is 0 Å². The summed E-state index contributed by atoms with van der Waals surface area (Å²) in [5.41, 5.74) is 9.59. The van der Waals surface area contributed by atoms with Gasteiger partial charge in [0.25, 0.3) is 0 Å². The fraction of sp³-hybridized carbons (Fsp3) is 0.500. The van der Waals surface area contributed by atoms with Gasteiger partial charge in [-0.3, -0.25) is 4.84 Å². The summed E-state index contributed by atoms with van der Waals surface area (Å²) in [6.45, 7) is 0. The summed E-state index contributed by atoms with van der Waals surface area (Å²) < 4.78 is 0. The number of hydrogen-bond acceptors (Lipinski definition) is 4. The Morgan fingerprint density at radius 2 is 2.06 bits per heavy atom. The number of aryl methyl sites for hydroxylation is 1. The summed E-state index contributed by atoms with van der Waals surface area (Å²) in [6, 6.07) is 10.1. The van der Waals surface area contributed by atoms with E-state index in [1.54, 1.807) is 7.05 Å². The quantitative estimate of drug-likeness (QED) is 0.473. The standard InChI is InChI=1S/C12H20N2O2/c1-14-16-12(15)9-11(13)8-7-10-5-3-2-4-6-10/h2-6,11-12,14-15H,7-9,13H2,1H3. The SMILES string of the molecule is CNOC(O)CC(N)CCc1ccccc1. The number of hydroxylamine groups is 1. The van der Waals surface area contributed by atoms with Crippen molar-refractivity contribution in [2.24, 2.45) is 5.73 Å². The molecule has 1 aromatic carbocycles. The summed E-state index contributed by atoms with van der Waals surface area (Å²) in [4.78, 5) is 4.79. The summed E-state index contributed by atoms with van der Waals surface area (Å²) in [7, 11) is 1.61. The van der Waals surface area contributed by atoms with E-state index in [2.05, 4.69) is 17.6 Å². The van der Waals surface area contributed by atoms with Crippen molar-refractivity contribution in [1.29, 1.82) is 0 Å². The van der Waals surface area contributed by atoms with Crippen molar-refractivity contribution in [2.75, 3.05) is 7.05 Å². The van der Waals surface area contributed by atoms with Crippen molar-refractivity contribution in [3.8, 4) is 0 Å².